The lowest BCUT2D eigenvalue weighted by Crippen LogP contribution is -2.16. The lowest BCUT2D eigenvalue weighted by Gasteiger charge is -2.18. The first kappa shape index (κ1) is 25.3. The number of carbonyl (C=O) groups excluding carboxylic acids is 1. The fourth-order valence-corrected chi connectivity index (χ4v) is 4.24. The van der Waals surface area contributed by atoms with Crippen molar-refractivity contribution in [1.82, 2.24) is 4.57 Å². The molecule has 2 N–H and O–H groups in total. The Labute approximate surface area is 197 Å². The molecule has 0 unspecified atom stereocenters. The fraction of sp³-hybridized carbons (Fsp3) is 0.182. The van der Waals surface area contributed by atoms with Crippen molar-refractivity contribution < 1.29 is 36.3 Å². The van der Waals surface area contributed by atoms with Gasteiger partial charge in [-0.2, -0.15) is 13.2 Å². The van der Waals surface area contributed by atoms with Gasteiger partial charge < -0.3 is 15.0 Å². The maximum absolute atomic E-state index is 13.7. The van der Waals surface area contributed by atoms with Crippen molar-refractivity contribution >= 4 is 39.0 Å². The Bertz CT molecular complexity index is 1380. The highest BCUT2D eigenvalue weighted by molar-refractivity contribution is 7.90. The predicted octanol–water partition coefficient (Wildman–Crippen LogP) is 4.74. The van der Waals surface area contributed by atoms with Crippen LogP contribution in [-0.2, 0) is 27.2 Å². The minimum Gasteiger partial charge on any atom is -0.481 e. The van der Waals surface area contributed by atoms with Gasteiger partial charge in [0.05, 0.1) is 28.1 Å². The number of anilines is 1. The number of hydrogen-bond acceptors (Lipinski definition) is 4. The van der Waals surface area contributed by atoms with Crippen molar-refractivity contribution in [3.63, 3.8) is 0 Å². The van der Waals surface area contributed by atoms with E-state index in [1.54, 1.807) is 0 Å². The number of hydrogen-bond donors (Lipinski definition) is 2. The molecule has 0 saturated carbocycles. The molecule has 1 heterocycles. The van der Waals surface area contributed by atoms with E-state index in [0.29, 0.717) is 0 Å². The third kappa shape index (κ3) is 5.42. The molecule has 0 fully saturated rings. The first-order valence-electron chi connectivity index (χ1n) is 9.60. The van der Waals surface area contributed by atoms with E-state index in [4.69, 9.17) is 11.6 Å². The normalized spacial score (nSPS) is 11.9. The van der Waals surface area contributed by atoms with E-state index in [1.165, 1.54) is 43.3 Å². The van der Waals surface area contributed by atoms with Crippen LogP contribution in [0.1, 0.15) is 27.3 Å². The monoisotopic (exact) mass is 514 g/mol. The fourth-order valence-electron chi connectivity index (χ4n) is 3.44. The third-order valence-corrected chi connectivity index (χ3v) is 6.31. The van der Waals surface area contributed by atoms with Crippen LogP contribution in [0.5, 0.6) is 0 Å². The Morgan fingerprint density at radius 1 is 1.09 bits per heavy atom. The van der Waals surface area contributed by atoms with E-state index in [2.05, 4.69) is 5.32 Å². The summed E-state index contributed by atoms with van der Waals surface area (Å²) in [6.45, 7) is 1.39. The van der Waals surface area contributed by atoms with Gasteiger partial charge in [-0.3, -0.25) is 9.59 Å². The quantitative estimate of drug-likeness (QED) is 0.494. The predicted molar refractivity (Wildman–Crippen MR) is 119 cm³/mol. The van der Waals surface area contributed by atoms with Gasteiger partial charge in [-0.1, -0.05) is 11.6 Å². The molecule has 2 aromatic carbocycles. The number of carboxylic acids is 1. The van der Waals surface area contributed by atoms with Gasteiger partial charge in [-0.15, -0.1) is 0 Å². The standard InChI is InChI=1S/C22H18ClF3N2O5S/c1-12-17(21(31)27-14-4-6-16(7-5-14)34(2,32)33)10-15(11-20(29)30)28(12)19-8-3-13(23)9-18(19)22(24,25)26/h3-10H,11H2,1-2H3,(H,27,31)(H,29,30). The average molecular weight is 515 g/mol. The van der Waals surface area contributed by atoms with Crippen molar-refractivity contribution in [3.8, 4) is 5.69 Å². The number of halogens is 4. The Kier molecular flexibility index (Phi) is 6.81. The summed E-state index contributed by atoms with van der Waals surface area (Å²) in [6, 6.07) is 9.58. The topological polar surface area (TPSA) is 105 Å². The Hall–Kier alpha value is -3.31. The summed E-state index contributed by atoms with van der Waals surface area (Å²) < 4.78 is 65.3. The van der Waals surface area contributed by atoms with Gasteiger partial charge in [-0.05, 0) is 55.5 Å². The number of alkyl halides is 3. The molecule has 1 aromatic heterocycles. The highest BCUT2D eigenvalue weighted by atomic mass is 35.5. The Morgan fingerprint density at radius 2 is 1.71 bits per heavy atom. The van der Waals surface area contributed by atoms with Crippen molar-refractivity contribution in [2.24, 2.45) is 0 Å². The van der Waals surface area contributed by atoms with Crippen molar-refractivity contribution in [2.75, 3.05) is 11.6 Å². The molecule has 0 bridgehead atoms. The zero-order valence-corrected chi connectivity index (χ0v) is 19.3. The van der Waals surface area contributed by atoms with Gasteiger partial charge in [0.2, 0.25) is 0 Å². The van der Waals surface area contributed by atoms with Crippen LogP contribution in [0.4, 0.5) is 18.9 Å². The van der Waals surface area contributed by atoms with E-state index in [1.807, 2.05) is 0 Å². The van der Waals surface area contributed by atoms with Gasteiger partial charge >= 0.3 is 12.1 Å². The van der Waals surface area contributed by atoms with E-state index >= 15 is 0 Å². The minimum atomic E-state index is -4.79. The summed E-state index contributed by atoms with van der Waals surface area (Å²) >= 11 is 5.75. The molecule has 3 aromatic rings. The number of sulfone groups is 1. The van der Waals surface area contributed by atoms with Crippen LogP contribution in [0.2, 0.25) is 5.02 Å². The average Bonchev–Trinajstić information content (AvgIpc) is 3.02. The molecule has 180 valence electrons. The number of aromatic nitrogens is 1. The molecule has 0 atom stereocenters. The maximum Gasteiger partial charge on any atom is 0.418 e. The van der Waals surface area contributed by atoms with Gasteiger partial charge in [0.1, 0.15) is 0 Å². The number of benzene rings is 2. The highest BCUT2D eigenvalue weighted by Gasteiger charge is 2.35. The minimum absolute atomic E-state index is 0.0407. The molecule has 0 aliphatic heterocycles. The second-order valence-corrected chi connectivity index (χ2v) is 9.90. The van der Waals surface area contributed by atoms with Gasteiger partial charge in [0.25, 0.3) is 5.91 Å². The first-order chi connectivity index (χ1) is 15.7. The summed E-state index contributed by atoms with van der Waals surface area (Å²) in [5.74, 6) is -2.01. The number of nitrogens with zero attached hydrogens (tertiary/aromatic N) is 1. The van der Waals surface area contributed by atoms with Crippen molar-refractivity contribution in [1.29, 1.82) is 0 Å². The van der Waals surface area contributed by atoms with Crippen LogP contribution in [0.25, 0.3) is 5.69 Å². The van der Waals surface area contributed by atoms with Crippen molar-refractivity contribution in [3.05, 3.63) is 76.1 Å². The van der Waals surface area contributed by atoms with Crippen LogP contribution in [0.15, 0.2) is 53.4 Å². The van der Waals surface area contributed by atoms with Gasteiger partial charge in [0, 0.05) is 28.4 Å². The van der Waals surface area contributed by atoms with E-state index in [-0.39, 0.29) is 38.2 Å². The summed E-state index contributed by atoms with van der Waals surface area (Å²) in [4.78, 5) is 24.3. The lowest BCUT2D eigenvalue weighted by atomic mass is 10.1. The molecule has 0 spiro atoms. The summed E-state index contributed by atoms with van der Waals surface area (Å²) in [5.41, 5.74) is -1.24. The number of rotatable bonds is 6. The molecule has 0 radical (unpaired) electrons. The summed E-state index contributed by atoms with van der Waals surface area (Å²) in [5, 5.41) is 11.7. The number of nitrogens with one attached hydrogen (secondary N) is 1. The molecular formula is C22H18ClF3N2O5S. The molecule has 1 amide bonds. The zero-order chi connectivity index (χ0) is 25.4. The van der Waals surface area contributed by atoms with E-state index in [0.717, 1.165) is 23.0 Å². The molecule has 0 saturated heterocycles. The second kappa shape index (κ2) is 9.15. The molecule has 3 rings (SSSR count). The summed E-state index contributed by atoms with van der Waals surface area (Å²) in [6.07, 6.45) is -4.40. The molecule has 34 heavy (non-hydrogen) atoms. The van der Waals surface area contributed by atoms with Crippen LogP contribution in [0, 0.1) is 6.92 Å². The summed E-state index contributed by atoms with van der Waals surface area (Å²) in [7, 11) is -3.44. The zero-order valence-electron chi connectivity index (χ0n) is 17.8. The third-order valence-electron chi connectivity index (χ3n) is 4.95. The van der Waals surface area contributed by atoms with Crippen LogP contribution in [-0.4, -0.2) is 36.2 Å². The molecular weight excluding hydrogens is 497 g/mol. The maximum atomic E-state index is 13.7. The number of carbonyl (C=O) groups is 2. The lowest BCUT2D eigenvalue weighted by molar-refractivity contribution is -0.137. The number of aliphatic carboxylic acids is 1. The largest absolute Gasteiger partial charge is 0.481 e. The van der Waals surface area contributed by atoms with Gasteiger partial charge in [0.15, 0.2) is 9.84 Å². The smallest absolute Gasteiger partial charge is 0.418 e. The molecule has 0 aliphatic rings. The van der Waals surface area contributed by atoms with E-state index < -0.39 is 39.9 Å². The first-order valence-corrected chi connectivity index (χ1v) is 11.9. The number of carboxylic acid groups (broad SMARTS) is 1. The van der Waals surface area contributed by atoms with Crippen LogP contribution in [0.3, 0.4) is 0 Å². The van der Waals surface area contributed by atoms with Crippen LogP contribution >= 0.6 is 11.6 Å². The van der Waals surface area contributed by atoms with Crippen molar-refractivity contribution in [2.45, 2.75) is 24.4 Å². The Morgan fingerprint density at radius 3 is 2.24 bits per heavy atom. The second-order valence-electron chi connectivity index (χ2n) is 7.45. The highest BCUT2D eigenvalue weighted by Crippen LogP contribution is 2.37. The SMILES string of the molecule is Cc1c(C(=O)Nc2ccc(S(C)(=O)=O)cc2)cc(CC(=O)O)n1-c1ccc(Cl)cc1C(F)(F)F. The molecule has 7 nitrogen and oxygen atoms in total. The molecule has 12 heteroatoms. The molecule has 0 aliphatic carbocycles. The Balaban J connectivity index is 2.08. The van der Waals surface area contributed by atoms with Gasteiger partial charge in [-0.25, -0.2) is 8.42 Å². The van der Waals surface area contributed by atoms with E-state index in [9.17, 15) is 36.3 Å². The number of amides is 1. The van der Waals surface area contributed by atoms with Crippen LogP contribution < -0.4 is 5.32 Å².